The van der Waals surface area contributed by atoms with Crippen molar-refractivity contribution in [2.75, 3.05) is 16.3 Å². The summed E-state index contributed by atoms with van der Waals surface area (Å²) in [5, 5.41) is 7.85. The number of benzene rings is 7. The summed E-state index contributed by atoms with van der Waals surface area (Å²) in [4.78, 5) is 4.89. The fourth-order valence-electron chi connectivity index (χ4n) is 6.38. The van der Waals surface area contributed by atoms with Crippen molar-refractivity contribution in [3.8, 4) is 0 Å². The van der Waals surface area contributed by atoms with E-state index in [-0.39, 0.29) is 0 Å². The van der Waals surface area contributed by atoms with E-state index in [4.69, 9.17) is 0 Å². The molecule has 1 aliphatic heterocycles. The van der Waals surface area contributed by atoms with Gasteiger partial charge in [0, 0.05) is 40.1 Å². The Kier molecular flexibility index (Phi) is 4.68. The van der Waals surface area contributed by atoms with Crippen molar-refractivity contribution in [1.82, 2.24) is 0 Å². The molecule has 0 aliphatic carbocycles. The molecule has 0 spiro atoms. The summed E-state index contributed by atoms with van der Waals surface area (Å²) in [7, 11) is 0. The second-order valence-corrected chi connectivity index (χ2v) is 10.1. The third kappa shape index (κ3) is 3.13. The van der Waals surface area contributed by atoms with Crippen molar-refractivity contribution in [3.05, 3.63) is 139 Å². The number of hydrogen-bond donors (Lipinski definition) is 0. The molecular weight excluding hydrogens is 460 g/mol. The molecule has 2 heteroatoms. The highest BCUT2D eigenvalue weighted by molar-refractivity contribution is 6.28. The highest BCUT2D eigenvalue weighted by atomic mass is 15.2. The zero-order valence-electron chi connectivity index (χ0n) is 21.0. The molecule has 0 aromatic heterocycles. The quantitative estimate of drug-likeness (QED) is 0.228. The van der Waals surface area contributed by atoms with Gasteiger partial charge in [0.2, 0.25) is 0 Å². The minimum atomic E-state index is 1.01. The molecule has 0 saturated heterocycles. The van der Waals surface area contributed by atoms with Crippen molar-refractivity contribution in [1.29, 1.82) is 0 Å². The van der Waals surface area contributed by atoms with E-state index in [1.54, 1.807) is 0 Å². The van der Waals surface area contributed by atoms with Gasteiger partial charge in [0.1, 0.15) is 0 Å². The molecule has 0 amide bonds. The Labute approximate surface area is 222 Å². The number of anilines is 5. The first kappa shape index (κ1) is 21.3. The molecule has 0 N–H and O–H groups in total. The maximum atomic E-state index is 2.51. The second-order valence-electron chi connectivity index (χ2n) is 10.1. The average molecular weight is 487 g/mol. The number of para-hydroxylation sites is 3. The van der Waals surface area contributed by atoms with Gasteiger partial charge in [0.25, 0.3) is 0 Å². The van der Waals surface area contributed by atoms with Gasteiger partial charge in [-0.2, -0.15) is 0 Å². The van der Waals surface area contributed by atoms with Crippen molar-refractivity contribution in [3.63, 3.8) is 0 Å². The van der Waals surface area contributed by atoms with Crippen molar-refractivity contribution in [2.24, 2.45) is 0 Å². The summed E-state index contributed by atoms with van der Waals surface area (Å²) in [6.45, 7) is 1.01. The van der Waals surface area contributed by atoms with Gasteiger partial charge in [-0.05, 0) is 76.0 Å². The van der Waals surface area contributed by atoms with Crippen LogP contribution in [0.5, 0.6) is 0 Å². The summed E-state index contributed by atoms with van der Waals surface area (Å²) in [6.07, 6.45) is 1.09. The molecular formula is C36H26N2. The lowest BCUT2D eigenvalue weighted by atomic mass is 9.91. The lowest BCUT2D eigenvalue weighted by Gasteiger charge is -2.28. The van der Waals surface area contributed by atoms with Gasteiger partial charge in [0.15, 0.2) is 0 Å². The van der Waals surface area contributed by atoms with Crippen LogP contribution in [0.4, 0.5) is 28.4 Å². The fraction of sp³-hybridized carbons (Fsp3) is 0.0556. The molecule has 7 aromatic rings. The molecule has 7 aromatic carbocycles. The van der Waals surface area contributed by atoms with Gasteiger partial charge in [-0.25, -0.2) is 0 Å². The minimum absolute atomic E-state index is 1.01. The summed E-state index contributed by atoms with van der Waals surface area (Å²) in [5.41, 5.74) is 7.58. The monoisotopic (exact) mass is 486 g/mol. The highest BCUT2D eigenvalue weighted by Crippen LogP contribution is 2.47. The van der Waals surface area contributed by atoms with E-state index >= 15 is 0 Å². The molecule has 0 saturated carbocycles. The Hall–Kier alpha value is -4.82. The summed E-state index contributed by atoms with van der Waals surface area (Å²) < 4.78 is 0. The van der Waals surface area contributed by atoms with Crippen LogP contribution in [0.3, 0.4) is 0 Å². The van der Waals surface area contributed by atoms with Crippen LogP contribution in [0, 0.1) is 0 Å². The molecule has 2 nitrogen and oxygen atoms in total. The second kappa shape index (κ2) is 8.36. The van der Waals surface area contributed by atoms with E-state index in [0.29, 0.717) is 0 Å². The van der Waals surface area contributed by atoms with Crippen molar-refractivity contribution >= 4 is 60.8 Å². The van der Waals surface area contributed by atoms with Crippen LogP contribution in [-0.4, -0.2) is 6.54 Å². The molecule has 1 heterocycles. The van der Waals surface area contributed by atoms with Gasteiger partial charge in [-0.15, -0.1) is 0 Å². The van der Waals surface area contributed by atoms with Gasteiger partial charge < -0.3 is 9.80 Å². The normalized spacial score (nSPS) is 13.0. The van der Waals surface area contributed by atoms with Crippen molar-refractivity contribution in [2.45, 2.75) is 6.42 Å². The van der Waals surface area contributed by atoms with Crippen LogP contribution in [-0.2, 0) is 6.42 Å². The van der Waals surface area contributed by atoms with E-state index in [2.05, 4.69) is 143 Å². The van der Waals surface area contributed by atoms with Gasteiger partial charge in [0.05, 0.1) is 5.69 Å². The molecule has 180 valence electrons. The predicted octanol–water partition coefficient (Wildman–Crippen LogP) is 9.75. The Morgan fingerprint density at radius 3 is 1.97 bits per heavy atom. The third-order valence-corrected chi connectivity index (χ3v) is 8.05. The van der Waals surface area contributed by atoms with Crippen LogP contribution < -0.4 is 9.80 Å². The zero-order chi connectivity index (χ0) is 25.1. The largest absolute Gasteiger partial charge is 0.340 e. The molecule has 0 radical (unpaired) electrons. The first-order chi connectivity index (χ1) is 18.9. The Morgan fingerprint density at radius 2 is 1.18 bits per heavy atom. The molecule has 8 rings (SSSR count). The summed E-state index contributed by atoms with van der Waals surface area (Å²) in [5.74, 6) is 0. The topological polar surface area (TPSA) is 6.48 Å². The highest BCUT2D eigenvalue weighted by Gasteiger charge is 2.24. The van der Waals surface area contributed by atoms with Crippen LogP contribution in [0.15, 0.2) is 133 Å². The van der Waals surface area contributed by atoms with E-state index < -0.39 is 0 Å². The standard InChI is InChI=1S/C36H26N2/c1-3-12-28(13-4-1)38(29-14-5-2-6-15-29)33-21-19-27-24-34(37-23-22-25-10-7-8-17-32(25)37)30-16-9-11-26-18-20-31(33)36(27)35(26)30/h1-21,24H,22-23H2. The first-order valence-electron chi connectivity index (χ1n) is 13.3. The van der Waals surface area contributed by atoms with E-state index in [1.807, 2.05) is 0 Å². The molecule has 1 aliphatic rings. The van der Waals surface area contributed by atoms with E-state index in [9.17, 15) is 0 Å². The Morgan fingerprint density at radius 1 is 0.500 bits per heavy atom. The summed E-state index contributed by atoms with van der Waals surface area (Å²) in [6, 6.07) is 48.6. The molecule has 0 bridgehead atoms. The number of hydrogen-bond acceptors (Lipinski definition) is 2. The van der Waals surface area contributed by atoms with Crippen LogP contribution in [0.1, 0.15) is 5.56 Å². The van der Waals surface area contributed by atoms with E-state index in [1.165, 1.54) is 54.9 Å². The summed E-state index contributed by atoms with van der Waals surface area (Å²) >= 11 is 0. The SMILES string of the molecule is c1ccc(N(c2ccccc2)c2ccc3cc(N4CCc5ccccc54)c4cccc5ccc2c3c54)cc1. The zero-order valence-corrected chi connectivity index (χ0v) is 21.0. The van der Waals surface area contributed by atoms with Crippen LogP contribution in [0.25, 0.3) is 32.3 Å². The van der Waals surface area contributed by atoms with Crippen LogP contribution in [0.2, 0.25) is 0 Å². The minimum Gasteiger partial charge on any atom is -0.340 e. The molecule has 0 fully saturated rings. The maximum Gasteiger partial charge on any atom is 0.0540 e. The maximum absolute atomic E-state index is 2.51. The number of nitrogens with zero attached hydrogens (tertiary/aromatic N) is 2. The lowest BCUT2D eigenvalue weighted by Crippen LogP contribution is -2.14. The van der Waals surface area contributed by atoms with Gasteiger partial charge in [-0.3, -0.25) is 0 Å². The number of fused-ring (bicyclic) bond motifs is 1. The Balaban J connectivity index is 1.42. The lowest BCUT2D eigenvalue weighted by molar-refractivity contribution is 1.00. The molecule has 38 heavy (non-hydrogen) atoms. The molecule has 0 unspecified atom stereocenters. The fourth-order valence-corrected chi connectivity index (χ4v) is 6.38. The molecule has 0 atom stereocenters. The van der Waals surface area contributed by atoms with Crippen LogP contribution >= 0.6 is 0 Å². The van der Waals surface area contributed by atoms with Gasteiger partial charge in [-0.1, -0.05) is 91.0 Å². The predicted molar refractivity (Wildman–Crippen MR) is 162 cm³/mol. The van der Waals surface area contributed by atoms with Gasteiger partial charge >= 0.3 is 0 Å². The number of rotatable bonds is 4. The average Bonchev–Trinajstić information content (AvgIpc) is 3.42. The first-order valence-corrected chi connectivity index (χ1v) is 13.3. The third-order valence-electron chi connectivity index (χ3n) is 8.05. The Bertz CT molecular complexity index is 1890. The van der Waals surface area contributed by atoms with E-state index in [0.717, 1.165) is 24.3 Å². The van der Waals surface area contributed by atoms with Crippen molar-refractivity contribution < 1.29 is 0 Å². The smallest absolute Gasteiger partial charge is 0.0540 e.